The first-order chi connectivity index (χ1) is 27.5. The van der Waals surface area contributed by atoms with Crippen LogP contribution in [0, 0.1) is 17.8 Å². The summed E-state index contributed by atoms with van der Waals surface area (Å²) in [6.45, 7) is 8.72. The zero-order valence-electron chi connectivity index (χ0n) is 33.3. The zero-order chi connectivity index (χ0) is 38.1. The Morgan fingerprint density at radius 1 is 0.518 bits per heavy atom. The highest BCUT2D eigenvalue weighted by molar-refractivity contribution is 5.81. The number of hydrogen-bond donors (Lipinski definition) is 0. The number of nitrogens with zero attached hydrogens (tertiary/aromatic N) is 2. The Balaban J connectivity index is 1.02. The van der Waals surface area contributed by atoms with Crippen molar-refractivity contribution in [2.45, 2.75) is 82.5 Å². The maximum atomic E-state index is 4.11. The summed E-state index contributed by atoms with van der Waals surface area (Å²) in [5.74, 6) is 2.79. The molecular formula is C54H56N2. The molecule has 4 fully saturated rings. The predicted octanol–water partition coefficient (Wildman–Crippen LogP) is 15.4. The van der Waals surface area contributed by atoms with Crippen molar-refractivity contribution in [2.24, 2.45) is 17.8 Å². The molecule has 0 heterocycles. The van der Waals surface area contributed by atoms with Crippen LogP contribution in [-0.4, -0.2) is 0 Å². The smallest absolute Gasteiger partial charge is 0.0464 e. The van der Waals surface area contributed by atoms with Crippen molar-refractivity contribution < 1.29 is 0 Å². The van der Waals surface area contributed by atoms with Gasteiger partial charge in [0.05, 0.1) is 0 Å². The maximum Gasteiger partial charge on any atom is 0.0464 e. The molecule has 0 N–H and O–H groups in total. The molecule has 0 saturated heterocycles. The van der Waals surface area contributed by atoms with E-state index < -0.39 is 0 Å². The fourth-order valence-electron chi connectivity index (χ4n) is 11.4. The molecule has 0 spiro atoms. The van der Waals surface area contributed by atoms with Crippen molar-refractivity contribution in [3.8, 4) is 11.1 Å². The van der Waals surface area contributed by atoms with E-state index in [1.807, 2.05) is 0 Å². The number of benzene rings is 6. The van der Waals surface area contributed by atoms with Crippen molar-refractivity contribution in [3.63, 3.8) is 0 Å². The molecule has 4 aliphatic rings. The summed E-state index contributed by atoms with van der Waals surface area (Å²) >= 11 is 0. The average Bonchev–Trinajstić information content (AvgIpc) is 3.24. The minimum Gasteiger partial charge on any atom is -0.310 e. The van der Waals surface area contributed by atoms with Gasteiger partial charge in [-0.15, -0.1) is 6.58 Å². The number of allylic oxidation sites excluding steroid dienone is 1. The van der Waals surface area contributed by atoms with Gasteiger partial charge in [-0.2, -0.15) is 0 Å². The summed E-state index contributed by atoms with van der Waals surface area (Å²) in [6, 6.07) is 58.6. The lowest BCUT2D eigenvalue weighted by molar-refractivity contribution is -0.00516. The normalized spacial score (nSPS) is 21.1. The molecule has 0 unspecified atom stereocenters. The molecule has 4 saturated carbocycles. The molecule has 282 valence electrons. The van der Waals surface area contributed by atoms with Gasteiger partial charge in [0.25, 0.3) is 0 Å². The quantitative estimate of drug-likeness (QED) is 0.109. The molecule has 10 rings (SSSR count). The van der Waals surface area contributed by atoms with Crippen LogP contribution in [0.15, 0.2) is 170 Å². The van der Waals surface area contributed by atoms with Gasteiger partial charge in [0.1, 0.15) is 0 Å². The SMILES string of the molecule is C=CCC(CC)(CC)c1cccc(N(c2ccccc2)c2ccc(-c3ccc(N(c4ccccc4)c4cccc(C56CC7CC(CC(C7)C5)C6)c4)cc3)cc2)c1. The second-order valence-electron chi connectivity index (χ2n) is 17.2. The van der Waals surface area contributed by atoms with Crippen LogP contribution >= 0.6 is 0 Å². The lowest BCUT2D eigenvalue weighted by atomic mass is 9.48. The van der Waals surface area contributed by atoms with E-state index in [2.05, 4.69) is 194 Å². The van der Waals surface area contributed by atoms with Crippen molar-refractivity contribution >= 4 is 34.1 Å². The van der Waals surface area contributed by atoms with Gasteiger partial charge in [-0.3, -0.25) is 0 Å². The van der Waals surface area contributed by atoms with Crippen LogP contribution in [0.5, 0.6) is 0 Å². The van der Waals surface area contributed by atoms with E-state index in [1.165, 1.54) is 78.0 Å². The molecule has 2 heteroatoms. The number of para-hydroxylation sites is 2. The van der Waals surface area contributed by atoms with Gasteiger partial charge >= 0.3 is 0 Å². The van der Waals surface area contributed by atoms with Crippen LogP contribution in [0.3, 0.4) is 0 Å². The summed E-state index contributed by atoms with van der Waals surface area (Å²) in [7, 11) is 0. The van der Waals surface area contributed by atoms with Crippen molar-refractivity contribution in [3.05, 3.63) is 182 Å². The molecule has 4 aliphatic carbocycles. The Bertz CT molecular complexity index is 2210. The third-order valence-electron chi connectivity index (χ3n) is 14.0. The lowest BCUT2D eigenvalue weighted by Gasteiger charge is -2.57. The minimum atomic E-state index is 0.0868. The van der Waals surface area contributed by atoms with Gasteiger partial charge in [-0.25, -0.2) is 0 Å². The van der Waals surface area contributed by atoms with Crippen molar-refractivity contribution in [1.29, 1.82) is 0 Å². The summed E-state index contributed by atoms with van der Waals surface area (Å²) in [5, 5.41) is 0. The summed E-state index contributed by atoms with van der Waals surface area (Å²) in [5.41, 5.74) is 12.9. The predicted molar refractivity (Wildman–Crippen MR) is 238 cm³/mol. The Morgan fingerprint density at radius 3 is 1.41 bits per heavy atom. The van der Waals surface area contributed by atoms with Crippen LogP contribution in [0.2, 0.25) is 0 Å². The Morgan fingerprint density at radius 2 is 0.946 bits per heavy atom. The van der Waals surface area contributed by atoms with Crippen LogP contribution in [0.4, 0.5) is 34.1 Å². The second kappa shape index (κ2) is 15.3. The highest BCUT2D eigenvalue weighted by Gasteiger charge is 2.51. The van der Waals surface area contributed by atoms with Crippen LogP contribution in [0.25, 0.3) is 11.1 Å². The van der Waals surface area contributed by atoms with Gasteiger partial charge in [-0.1, -0.05) is 105 Å². The van der Waals surface area contributed by atoms with Crippen LogP contribution in [0.1, 0.15) is 82.8 Å². The molecule has 0 radical (unpaired) electrons. The molecule has 0 aliphatic heterocycles. The van der Waals surface area contributed by atoms with E-state index in [4.69, 9.17) is 0 Å². The van der Waals surface area contributed by atoms with Gasteiger partial charge < -0.3 is 9.80 Å². The lowest BCUT2D eigenvalue weighted by Crippen LogP contribution is -2.48. The standard InChI is InChI=1S/C54H56N2/c1-4-31-53(5-2,6-3)45-15-13-21-51(35-45)55(47-17-9-7-10-18-47)49-27-23-43(24-28-49)44-25-29-50(30-26-44)56(48-19-11-8-12-20-48)52-22-14-16-46(36-52)54-37-40-32-41(38-54)34-42(33-40)39-54/h4,7-30,35-36,40-42H,1,5-6,31-34,37-39H2,2-3H3. The molecule has 4 bridgehead atoms. The van der Waals surface area contributed by atoms with Gasteiger partial charge in [0, 0.05) is 34.1 Å². The van der Waals surface area contributed by atoms with E-state index in [1.54, 1.807) is 5.56 Å². The fraction of sp³-hybridized carbons (Fsp3) is 0.296. The Hall–Kier alpha value is -5.34. The van der Waals surface area contributed by atoms with Gasteiger partial charge in [0.2, 0.25) is 0 Å². The van der Waals surface area contributed by atoms with E-state index >= 15 is 0 Å². The first-order valence-electron chi connectivity index (χ1n) is 21.2. The van der Waals surface area contributed by atoms with Crippen LogP contribution < -0.4 is 9.80 Å². The number of hydrogen-bond acceptors (Lipinski definition) is 2. The topological polar surface area (TPSA) is 6.48 Å². The van der Waals surface area contributed by atoms with E-state index in [-0.39, 0.29) is 5.41 Å². The zero-order valence-corrected chi connectivity index (χ0v) is 33.3. The molecule has 0 atom stereocenters. The van der Waals surface area contributed by atoms with E-state index in [0.29, 0.717) is 5.41 Å². The molecule has 0 aromatic heterocycles. The van der Waals surface area contributed by atoms with Gasteiger partial charge in [0.15, 0.2) is 0 Å². The molecule has 6 aromatic carbocycles. The first kappa shape index (κ1) is 36.3. The summed E-state index contributed by atoms with van der Waals surface area (Å²) in [4.78, 5) is 4.83. The first-order valence-corrected chi connectivity index (χ1v) is 21.2. The summed E-state index contributed by atoms with van der Waals surface area (Å²) in [6.07, 6.45) is 13.8. The third kappa shape index (κ3) is 6.78. The fourth-order valence-corrected chi connectivity index (χ4v) is 11.4. The molecule has 56 heavy (non-hydrogen) atoms. The summed E-state index contributed by atoms with van der Waals surface area (Å²) < 4.78 is 0. The Kier molecular flexibility index (Phi) is 9.92. The second-order valence-corrected chi connectivity index (χ2v) is 17.2. The largest absolute Gasteiger partial charge is 0.310 e. The minimum absolute atomic E-state index is 0.0868. The maximum absolute atomic E-state index is 4.11. The van der Waals surface area contributed by atoms with E-state index in [9.17, 15) is 0 Å². The molecule has 6 aromatic rings. The Labute approximate surface area is 335 Å². The molecule has 2 nitrogen and oxygen atoms in total. The molecule has 0 amide bonds. The monoisotopic (exact) mass is 732 g/mol. The average molecular weight is 733 g/mol. The van der Waals surface area contributed by atoms with Crippen LogP contribution in [-0.2, 0) is 10.8 Å². The third-order valence-corrected chi connectivity index (χ3v) is 14.0. The van der Waals surface area contributed by atoms with Crippen molar-refractivity contribution in [2.75, 3.05) is 9.80 Å². The molecular weight excluding hydrogens is 677 g/mol. The van der Waals surface area contributed by atoms with E-state index in [0.717, 1.165) is 48.4 Å². The number of rotatable bonds is 13. The highest BCUT2D eigenvalue weighted by atomic mass is 15.1. The number of anilines is 6. The highest BCUT2D eigenvalue weighted by Crippen LogP contribution is 2.61. The van der Waals surface area contributed by atoms with Gasteiger partial charge in [-0.05, 0) is 181 Å². The van der Waals surface area contributed by atoms with Crippen molar-refractivity contribution in [1.82, 2.24) is 0 Å².